The molecule has 0 aromatic carbocycles. The van der Waals surface area contributed by atoms with Crippen molar-refractivity contribution in [2.45, 2.75) is 32.6 Å². The SMILES string of the molecule is Cc1cc(C)nc(Nc2nccnc2C2CCN(C(=O)/C=C/c3cnc[nH]3)CC2)n1. The van der Waals surface area contributed by atoms with Crippen molar-refractivity contribution < 1.29 is 4.79 Å². The van der Waals surface area contributed by atoms with Crippen LogP contribution in [0.5, 0.6) is 0 Å². The van der Waals surface area contributed by atoms with Gasteiger partial charge >= 0.3 is 0 Å². The van der Waals surface area contributed by atoms with Crippen LogP contribution in [0.15, 0.2) is 37.1 Å². The lowest BCUT2D eigenvalue weighted by molar-refractivity contribution is -0.126. The van der Waals surface area contributed by atoms with E-state index in [4.69, 9.17) is 0 Å². The summed E-state index contributed by atoms with van der Waals surface area (Å²) in [6, 6.07) is 1.93. The number of nitrogens with zero attached hydrogens (tertiary/aromatic N) is 6. The predicted molar refractivity (Wildman–Crippen MR) is 113 cm³/mol. The molecule has 1 fully saturated rings. The number of likely N-dealkylation sites (tertiary alicyclic amines) is 1. The van der Waals surface area contributed by atoms with Crippen molar-refractivity contribution in [2.24, 2.45) is 0 Å². The summed E-state index contributed by atoms with van der Waals surface area (Å²) in [4.78, 5) is 39.1. The molecule has 1 saturated heterocycles. The Hall–Kier alpha value is -3.62. The number of amides is 1. The van der Waals surface area contributed by atoms with E-state index in [1.165, 1.54) is 0 Å². The summed E-state index contributed by atoms with van der Waals surface area (Å²) < 4.78 is 0. The van der Waals surface area contributed by atoms with Crippen LogP contribution in [0.3, 0.4) is 0 Å². The van der Waals surface area contributed by atoms with Gasteiger partial charge in [-0.3, -0.25) is 9.78 Å². The molecular weight excluding hydrogens is 380 g/mol. The summed E-state index contributed by atoms with van der Waals surface area (Å²) in [7, 11) is 0. The molecule has 0 saturated carbocycles. The number of aromatic amines is 1. The number of hydrogen-bond donors (Lipinski definition) is 2. The number of imidazole rings is 1. The van der Waals surface area contributed by atoms with E-state index >= 15 is 0 Å². The molecule has 9 heteroatoms. The van der Waals surface area contributed by atoms with E-state index in [0.717, 1.165) is 35.6 Å². The number of rotatable bonds is 5. The summed E-state index contributed by atoms with van der Waals surface area (Å²) >= 11 is 0. The molecule has 0 bridgehead atoms. The molecule has 0 unspecified atom stereocenters. The van der Waals surface area contributed by atoms with Crippen LogP contribution in [0.25, 0.3) is 6.08 Å². The molecule has 3 aromatic heterocycles. The molecule has 154 valence electrons. The van der Waals surface area contributed by atoms with E-state index in [1.54, 1.807) is 37.1 Å². The fraction of sp³-hybridized carbons (Fsp3) is 0.333. The van der Waals surface area contributed by atoms with Gasteiger partial charge in [0.25, 0.3) is 0 Å². The van der Waals surface area contributed by atoms with Crippen molar-refractivity contribution in [1.82, 2.24) is 34.8 Å². The Morgan fingerprint density at radius 1 is 1.17 bits per heavy atom. The minimum Gasteiger partial charge on any atom is -0.345 e. The Bertz CT molecular complexity index is 1020. The summed E-state index contributed by atoms with van der Waals surface area (Å²) in [5.41, 5.74) is 3.48. The van der Waals surface area contributed by atoms with Crippen LogP contribution in [0, 0.1) is 13.8 Å². The number of aromatic nitrogens is 6. The normalized spacial score (nSPS) is 14.9. The molecule has 4 heterocycles. The first kappa shape index (κ1) is 19.7. The number of anilines is 2. The molecule has 1 aliphatic rings. The Labute approximate surface area is 174 Å². The van der Waals surface area contributed by atoms with Gasteiger partial charge in [-0.25, -0.2) is 19.9 Å². The molecule has 3 aromatic rings. The van der Waals surface area contributed by atoms with Crippen LogP contribution >= 0.6 is 0 Å². The second-order valence-electron chi connectivity index (χ2n) is 7.33. The van der Waals surface area contributed by atoms with E-state index in [-0.39, 0.29) is 11.8 Å². The van der Waals surface area contributed by atoms with Gasteiger partial charge in [-0.15, -0.1) is 0 Å². The third-order valence-corrected chi connectivity index (χ3v) is 5.06. The zero-order chi connectivity index (χ0) is 20.9. The quantitative estimate of drug-likeness (QED) is 0.629. The Kier molecular flexibility index (Phi) is 5.78. The van der Waals surface area contributed by atoms with Gasteiger partial charge in [0.1, 0.15) is 0 Å². The van der Waals surface area contributed by atoms with Crippen LogP contribution in [0.4, 0.5) is 11.8 Å². The van der Waals surface area contributed by atoms with E-state index in [0.29, 0.717) is 24.9 Å². The fourth-order valence-corrected chi connectivity index (χ4v) is 3.63. The van der Waals surface area contributed by atoms with E-state index in [2.05, 4.69) is 35.2 Å². The van der Waals surface area contributed by atoms with Crippen LogP contribution in [-0.2, 0) is 4.79 Å². The lowest BCUT2D eigenvalue weighted by Crippen LogP contribution is -2.37. The molecule has 0 spiro atoms. The third-order valence-electron chi connectivity index (χ3n) is 5.06. The van der Waals surface area contributed by atoms with Crippen LogP contribution in [-0.4, -0.2) is 53.8 Å². The maximum Gasteiger partial charge on any atom is 0.246 e. The monoisotopic (exact) mass is 404 g/mol. The zero-order valence-corrected chi connectivity index (χ0v) is 17.0. The van der Waals surface area contributed by atoms with Gasteiger partial charge in [0, 0.05) is 48.9 Å². The molecule has 0 aliphatic carbocycles. The molecule has 2 N–H and O–H groups in total. The molecule has 30 heavy (non-hydrogen) atoms. The van der Waals surface area contributed by atoms with Crippen molar-refractivity contribution in [1.29, 1.82) is 0 Å². The van der Waals surface area contributed by atoms with Gasteiger partial charge in [-0.05, 0) is 38.8 Å². The van der Waals surface area contributed by atoms with Gasteiger partial charge in [-0.2, -0.15) is 0 Å². The Balaban J connectivity index is 1.42. The molecular formula is C21H24N8O. The first-order valence-electron chi connectivity index (χ1n) is 9.94. The number of piperidine rings is 1. The maximum atomic E-state index is 12.5. The van der Waals surface area contributed by atoms with Gasteiger partial charge in [0.2, 0.25) is 11.9 Å². The number of carbonyl (C=O) groups is 1. The average molecular weight is 404 g/mol. The second-order valence-corrected chi connectivity index (χ2v) is 7.33. The second kappa shape index (κ2) is 8.81. The van der Waals surface area contributed by atoms with Gasteiger partial charge in [0.15, 0.2) is 5.82 Å². The van der Waals surface area contributed by atoms with Crippen LogP contribution in [0.1, 0.15) is 41.5 Å². The molecule has 9 nitrogen and oxygen atoms in total. The summed E-state index contributed by atoms with van der Waals surface area (Å²) in [5, 5.41) is 3.22. The van der Waals surface area contributed by atoms with Crippen molar-refractivity contribution in [3.63, 3.8) is 0 Å². The minimum absolute atomic E-state index is 0.00387. The number of hydrogen-bond acceptors (Lipinski definition) is 7. The van der Waals surface area contributed by atoms with E-state index in [9.17, 15) is 4.79 Å². The largest absolute Gasteiger partial charge is 0.345 e. The molecule has 0 radical (unpaired) electrons. The molecule has 1 amide bonds. The van der Waals surface area contributed by atoms with Crippen molar-refractivity contribution in [3.05, 3.63) is 59.8 Å². The molecule has 4 rings (SSSR count). The Morgan fingerprint density at radius 3 is 2.60 bits per heavy atom. The van der Waals surface area contributed by atoms with Crippen molar-refractivity contribution >= 4 is 23.7 Å². The number of H-pyrrole nitrogens is 1. The van der Waals surface area contributed by atoms with E-state index in [1.807, 2.05) is 24.8 Å². The predicted octanol–water partition coefficient (Wildman–Crippen LogP) is 2.77. The van der Waals surface area contributed by atoms with Crippen molar-refractivity contribution in [2.75, 3.05) is 18.4 Å². The van der Waals surface area contributed by atoms with Crippen LogP contribution < -0.4 is 5.32 Å². The highest BCUT2D eigenvalue weighted by atomic mass is 16.2. The van der Waals surface area contributed by atoms with Gasteiger partial charge < -0.3 is 15.2 Å². The third kappa shape index (κ3) is 4.68. The topological polar surface area (TPSA) is 113 Å². The van der Waals surface area contributed by atoms with Gasteiger partial charge in [-0.1, -0.05) is 0 Å². The summed E-state index contributed by atoms with van der Waals surface area (Å²) in [6.45, 7) is 5.22. The summed E-state index contributed by atoms with van der Waals surface area (Å²) in [5.74, 6) is 1.41. The number of nitrogens with one attached hydrogen (secondary N) is 2. The number of carbonyl (C=O) groups excluding carboxylic acids is 1. The Morgan fingerprint density at radius 2 is 1.90 bits per heavy atom. The lowest BCUT2D eigenvalue weighted by atomic mass is 9.93. The van der Waals surface area contributed by atoms with Crippen LogP contribution in [0.2, 0.25) is 0 Å². The highest BCUT2D eigenvalue weighted by Gasteiger charge is 2.26. The van der Waals surface area contributed by atoms with Gasteiger partial charge in [0.05, 0.1) is 23.9 Å². The van der Waals surface area contributed by atoms with Crippen molar-refractivity contribution in [3.8, 4) is 0 Å². The molecule has 1 aliphatic heterocycles. The summed E-state index contributed by atoms with van der Waals surface area (Å²) in [6.07, 6.45) is 11.6. The highest BCUT2D eigenvalue weighted by Crippen LogP contribution is 2.31. The minimum atomic E-state index is 0.00387. The fourth-order valence-electron chi connectivity index (χ4n) is 3.63. The first-order valence-corrected chi connectivity index (χ1v) is 9.94. The van der Waals surface area contributed by atoms with E-state index < -0.39 is 0 Å². The lowest BCUT2D eigenvalue weighted by Gasteiger charge is -2.31. The smallest absolute Gasteiger partial charge is 0.246 e. The maximum absolute atomic E-state index is 12.5. The molecule has 0 atom stereocenters. The standard InChI is InChI=1S/C21H24N8O/c1-14-11-15(2)27-21(26-14)28-20-19(23-7-8-24-20)16-5-9-29(10-6-16)18(30)4-3-17-12-22-13-25-17/h3-4,7-8,11-13,16H,5-6,9-10H2,1-2H3,(H,22,25)(H,24,26,27,28)/b4-3+. The first-order chi connectivity index (χ1) is 14.6. The highest BCUT2D eigenvalue weighted by molar-refractivity contribution is 5.91. The zero-order valence-electron chi connectivity index (χ0n) is 17.0. The number of aryl methyl sites for hydroxylation is 2. The average Bonchev–Trinajstić information content (AvgIpc) is 3.25.